The van der Waals surface area contributed by atoms with E-state index in [4.69, 9.17) is 4.74 Å². The van der Waals surface area contributed by atoms with E-state index < -0.39 is 0 Å². The number of aryl methyl sites for hydroxylation is 1. The summed E-state index contributed by atoms with van der Waals surface area (Å²) in [5.74, 6) is 0.918. The van der Waals surface area contributed by atoms with E-state index >= 15 is 0 Å². The van der Waals surface area contributed by atoms with Crippen molar-refractivity contribution in [3.8, 4) is 16.9 Å². The molecule has 1 N–H and O–H groups in total. The van der Waals surface area contributed by atoms with E-state index in [-0.39, 0.29) is 6.10 Å². The Bertz CT molecular complexity index is 899. The maximum atomic E-state index is 5.76. The summed E-state index contributed by atoms with van der Waals surface area (Å²) in [6.45, 7) is 5.79. The van der Waals surface area contributed by atoms with Crippen LogP contribution < -0.4 is 10.1 Å². The van der Waals surface area contributed by atoms with Crippen LogP contribution in [0.15, 0.2) is 60.9 Å². The van der Waals surface area contributed by atoms with Crippen molar-refractivity contribution in [2.75, 3.05) is 20.6 Å². The van der Waals surface area contributed by atoms with Crippen molar-refractivity contribution >= 4 is 0 Å². The summed E-state index contributed by atoms with van der Waals surface area (Å²) in [5, 5.41) is 7.89. The van der Waals surface area contributed by atoms with E-state index in [0.29, 0.717) is 6.04 Å². The maximum Gasteiger partial charge on any atom is 0.119 e. The molecule has 1 atom stereocenters. The van der Waals surface area contributed by atoms with Crippen LogP contribution in [0.2, 0.25) is 0 Å². The lowest BCUT2D eigenvalue weighted by molar-refractivity contribution is 0.242. The van der Waals surface area contributed by atoms with Gasteiger partial charge in [0.1, 0.15) is 5.75 Å². The molecule has 1 aromatic heterocycles. The molecule has 0 fully saturated rings. The molecule has 0 aliphatic heterocycles. The third-order valence-electron chi connectivity index (χ3n) is 4.89. The van der Waals surface area contributed by atoms with Crippen LogP contribution in [0.5, 0.6) is 5.75 Å². The molecule has 154 valence electrons. The third kappa shape index (κ3) is 5.92. The largest absolute Gasteiger partial charge is 0.491 e. The summed E-state index contributed by atoms with van der Waals surface area (Å²) in [4.78, 5) is 2.25. The summed E-state index contributed by atoms with van der Waals surface area (Å²) in [7, 11) is 6.18. The van der Waals surface area contributed by atoms with Gasteiger partial charge in [0.15, 0.2) is 0 Å². The number of nitrogens with one attached hydrogen (secondary N) is 1. The van der Waals surface area contributed by atoms with Gasteiger partial charge in [0.2, 0.25) is 0 Å². The van der Waals surface area contributed by atoms with Gasteiger partial charge in [-0.05, 0) is 62.8 Å². The van der Waals surface area contributed by atoms with Gasteiger partial charge in [-0.2, -0.15) is 5.10 Å². The van der Waals surface area contributed by atoms with E-state index in [9.17, 15) is 0 Å². The quantitative estimate of drug-likeness (QED) is 0.591. The van der Waals surface area contributed by atoms with E-state index in [1.807, 2.05) is 38.0 Å². The minimum absolute atomic E-state index is 0.189. The lowest BCUT2D eigenvalue weighted by Gasteiger charge is -2.25. The molecular formula is C24H32N4O. The van der Waals surface area contributed by atoms with Crippen LogP contribution in [0.1, 0.15) is 31.0 Å². The van der Waals surface area contributed by atoms with Crippen molar-refractivity contribution in [1.82, 2.24) is 20.0 Å². The predicted octanol–water partition coefficient (Wildman–Crippen LogP) is 4.27. The normalized spacial score (nSPS) is 12.5. The summed E-state index contributed by atoms with van der Waals surface area (Å²) in [6.07, 6.45) is 4.14. The second-order valence-electron chi connectivity index (χ2n) is 7.95. The molecule has 29 heavy (non-hydrogen) atoms. The van der Waals surface area contributed by atoms with E-state index in [1.54, 1.807) is 0 Å². The summed E-state index contributed by atoms with van der Waals surface area (Å²) in [5.41, 5.74) is 4.89. The molecule has 0 radical (unpaired) electrons. The molecule has 3 rings (SSSR count). The van der Waals surface area contributed by atoms with Crippen LogP contribution >= 0.6 is 0 Å². The lowest BCUT2D eigenvalue weighted by Crippen LogP contribution is -2.30. The van der Waals surface area contributed by atoms with Crippen LogP contribution in [0.4, 0.5) is 0 Å². The molecule has 5 nitrogen and oxygen atoms in total. The van der Waals surface area contributed by atoms with E-state index in [2.05, 4.69) is 77.9 Å². The number of nitrogens with zero attached hydrogens (tertiary/aromatic N) is 3. The first kappa shape index (κ1) is 21.1. The minimum atomic E-state index is 0.189. The number of hydrogen-bond donors (Lipinski definition) is 1. The van der Waals surface area contributed by atoms with Crippen LogP contribution in [0.25, 0.3) is 11.1 Å². The SMILES string of the molecule is CC(C)Oc1ccc(C(CNCc2cccc(-c3cnn(C)c3)c2)N(C)C)cc1. The Morgan fingerprint density at radius 3 is 2.45 bits per heavy atom. The Balaban J connectivity index is 1.61. The van der Waals surface area contributed by atoms with Crippen molar-refractivity contribution in [2.45, 2.75) is 32.5 Å². The molecule has 5 heteroatoms. The van der Waals surface area contributed by atoms with Gasteiger partial charge in [-0.1, -0.05) is 30.3 Å². The third-order valence-corrected chi connectivity index (χ3v) is 4.89. The van der Waals surface area contributed by atoms with Crippen molar-refractivity contribution in [2.24, 2.45) is 7.05 Å². The highest BCUT2D eigenvalue weighted by Gasteiger charge is 2.14. The van der Waals surface area contributed by atoms with Crippen LogP contribution in [-0.4, -0.2) is 41.4 Å². The first-order chi connectivity index (χ1) is 13.9. The fourth-order valence-electron chi connectivity index (χ4n) is 3.42. The van der Waals surface area contributed by atoms with Crippen LogP contribution in [-0.2, 0) is 13.6 Å². The van der Waals surface area contributed by atoms with Crippen molar-refractivity contribution < 1.29 is 4.74 Å². The van der Waals surface area contributed by atoms with Gasteiger partial charge >= 0.3 is 0 Å². The smallest absolute Gasteiger partial charge is 0.119 e. The molecule has 0 aliphatic carbocycles. The molecule has 1 heterocycles. The van der Waals surface area contributed by atoms with Gasteiger partial charge in [-0.3, -0.25) is 4.68 Å². The first-order valence-electron chi connectivity index (χ1n) is 10.1. The molecule has 0 saturated heterocycles. The van der Waals surface area contributed by atoms with Gasteiger partial charge in [0.05, 0.1) is 12.3 Å². The van der Waals surface area contributed by atoms with E-state index in [1.165, 1.54) is 16.7 Å². The highest BCUT2D eigenvalue weighted by molar-refractivity contribution is 5.62. The second kappa shape index (κ2) is 9.72. The zero-order chi connectivity index (χ0) is 20.8. The average Bonchev–Trinajstić information content (AvgIpc) is 3.12. The number of hydrogen-bond acceptors (Lipinski definition) is 4. The van der Waals surface area contributed by atoms with Gasteiger partial charge < -0.3 is 15.0 Å². The summed E-state index contributed by atoms with van der Waals surface area (Å²) in [6, 6.07) is 17.4. The topological polar surface area (TPSA) is 42.3 Å². The number of likely N-dealkylation sites (N-methyl/N-ethyl adjacent to an activating group) is 1. The predicted molar refractivity (Wildman–Crippen MR) is 119 cm³/mol. The number of rotatable bonds is 9. The van der Waals surface area contributed by atoms with Crippen molar-refractivity contribution in [3.05, 3.63) is 72.1 Å². The Morgan fingerprint density at radius 2 is 1.83 bits per heavy atom. The first-order valence-corrected chi connectivity index (χ1v) is 10.1. The Kier molecular flexibility index (Phi) is 7.07. The van der Waals surface area contributed by atoms with Gasteiger partial charge in [-0.15, -0.1) is 0 Å². The minimum Gasteiger partial charge on any atom is -0.491 e. The molecule has 3 aromatic rings. The molecule has 1 unspecified atom stereocenters. The second-order valence-corrected chi connectivity index (χ2v) is 7.95. The average molecular weight is 393 g/mol. The Labute approximate surface area is 174 Å². The Morgan fingerprint density at radius 1 is 1.07 bits per heavy atom. The highest BCUT2D eigenvalue weighted by Crippen LogP contribution is 2.22. The molecule has 2 aromatic carbocycles. The number of benzene rings is 2. The maximum absolute atomic E-state index is 5.76. The van der Waals surface area contributed by atoms with Crippen LogP contribution in [0.3, 0.4) is 0 Å². The van der Waals surface area contributed by atoms with Crippen molar-refractivity contribution in [1.29, 1.82) is 0 Å². The standard InChI is InChI=1S/C24H32N4O/c1-18(2)29-23-11-9-20(10-12-23)24(27(3)4)16-25-14-19-7-6-8-21(13-19)22-15-26-28(5)17-22/h6-13,15,17-18,24-25H,14,16H2,1-5H3. The zero-order valence-electron chi connectivity index (χ0n) is 18.1. The Hall–Kier alpha value is -2.63. The number of aromatic nitrogens is 2. The van der Waals surface area contributed by atoms with Gasteiger partial charge in [-0.25, -0.2) is 0 Å². The van der Waals surface area contributed by atoms with Crippen molar-refractivity contribution in [3.63, 3.8) is 0 Å². The van der Waals surface area contributed by atoms with E-state index in [0.717, 1.165) is 24.4 Å². The molecule has 0 saturated carbocycles. The fraction of sp³-hybridized carbons (Fsp3) is 0.375. The fourth-order valence-corrected chi connectivity index (χ4v) is 3.42. The zero-order valence-corrected chi connectivity index (χ0v) is 18.1. The molecule has 0 amide bonds. The molecule has 0 bridgehead atoms. The van der Waals surface area contributed by atoms with Gasteiger partial charge in [0, 0.05) is 37.9 Å². The summed E-state index contributed by atoms with van der Waals surface area (Å²) >= 11 is 0. The monoisotopic (exact) mass is 392 g/mol. The van der Waals surface area contributed by atoms with Gasteiger partial charge in [0.25, 0.3) is 0 Å². The lowest BCUT2D eigenvalue weighted by atomic mass is 10.0. The molecule has 0 aliphatic rings. The number of ether oxygens (including phenoxy) is 1. The highest BCUT2D eigenvalue weighted by atomic mass is 16.5. The van der Waals surface area contributed by atoms with Crippen LogP contribution in [0, 0.1) is 0 Å². The summed E-state index contributed by atoms with van der Waals surface area (Å²) < 4.78 is 7.60. The molecular weight excluding hydrogens is 360 g/mol. The molecule has 0 spiro atoms.